The van der Waals surface area contributed by atoms with Gasteiger partial charge in [-0.3, -0.25) is 24.0 Å². The Morgan fingerprint density at radius 1 is 0.861 bits per heavy atom. The monoisotopic (exact) mass is 509 g/mol. The molecule has 1 amide bonds. The first-order valence-corrected chi connectivity index (χ1v) is 11.3. The minimum absolute atomic E-state index is 0.0944. The van der Waals surface area contributed by atoms with E-state index in [0.717, 1.165) is 19.4 Å². The lowest BCUT2D eigenvalue weighted by molar-refractivity contribution is -0.277. The van der Waals surface area contributed by atoms with Gasteiger partial charge in [-0.25, -0.2) is 0 Å². The molecule has 1 aromatic carbocycles. The zero-order valence-electron chi connectivity index (χ0n) is 20.6. The molecule has 36 heavy (non-hydrogen) atoms. The number of nitrogens with one attached hydrogen (secondary N) is 1. The van der Waals surface area contributed by atoms with Gasteiger partial charge in [-0.2, -0.15) is 0 Å². The molecule has 1 aliphatic rings. The van der Waals surface area contributed by atoms with Crippen molar-refractivity contribution in [2.24, 2.45) is 0 Å². The van der Waals surface area contributed by atoms with Gasteiger partial charge in [0.15, 0.2) is 18.5 Å². The quantitative estimate of drug-likeness (QED) is 0.333. The summed E-state index contributed by atoms with van der Waals surface area (Å²) in [6.07, 6.45) is -4.94. The molecule has 1 N–H and O–H groups in total. The lowest BCUT2D eigenvalue weighted by atomic mass is 9.96. The average Bonchev–Trinajstić information content (AvgIpc) is 2.80. The fourth-order valence-electron chi connectivity index (χ4n) is 3.50. The third kappa shape index (κ3) is 9.62. The maximum Gasteiger partial charge on any atom is 0.308 e. The third-order valence-electron chi connectivity index (χ3n) is 4.90. The van der Waals surface area contributed by atoms with Gasteiger partial charge < -0.3 is 33.7 Å². The van der Waals surface area contributed by atoms with E-state index in [0.29, 0.717) is 0 Å². The third-order valence-corrected chi connectivity index (χ3v) is 4.90. The molecule has 1 fully saturated rings. The van der Waals surface area contributed by atoms with Crippen LogP contribution in [0.2, 0.25) is 0 Å². The molecule has 198 valence electrons. The first-order valence-electron chi connectivity index (χ1n) is 11.3. The van der Waals surface area contributed by atoms with Crippen LogP contribution in [0.1, 0.15) is 39.7 Å². The molecule has 0 aromatic heterocycles. The number of carbonyl (C=O) groups excluding carboxylic acids is 5. The highest BCUT2D eigenvalue weighted by Crippen LogP contribution is 2.28. The van der Waals surface area contributed by atoms with Gasteiger partial charge in [0.25, 0.3) is 0 Å². The highest BCUT2D eigenvalue weighted by Gasteiger charge is 2.51. The van der Waals surface area contributed by atoms with E-state index in [2.05, 4.69) is 5.32 Å². The largest absolute Gasteiger partial charge is 0.463 e. The Labute approximate surface area is 208 Å². The summed E-state index contributed by atoms with van der Waals surface area (Å²) in [6, 6.07) is 8.02. The molecule has 1 aromatic rings. The number of hydrogen-bond donors (Lipinski definition) is 1. The number of carbonyl (C=O) groups is 5. The number of rotatable bonds is 11. The van der Waals surface area contributed by atoms with Gasteiger partial charge in [-0.15, -0.1) is 0 Å². The summed E-state index contributed by atoms with van der Waals surface area (Å²) in [5, 5.41) is 2.58. The van der Waals surface area contributed by atoms with E-state index < -0.39 is 60.4 Å². The van der Waals surface area contributed by atoms with Crippen molar-refractivity contribution in [3.8, 4) is 0 Å². The van der Waals surface area contributed by atoms with E-state index in [-0.39, 0.29) is 26.2 Å². The Kier molecular flexibility index (Phi) is 11.3. The molecule has 1 heterocycles. The van der Waals surface area contributed by atoms with Gasteiger partial charge in [-0.05, 0) is 5.56 Å². The summed E-state index contributed by atoms with van der Waals surface area (Å²) < 4.78 is 32.5. The Morgan fingerprint density at radius 2 is 1.50 bits per heavy atom. The van der Waals surface area contributed by atoms with Gasteiger partial charge in [0.1, 0.15) is 25.4 Å². The Balaban J connectivity index is 2.14. The fourth-order valence-corrected chi connectivity index (χ4v) is 3.50. The van der Waals surface area contributed by atoms with Crippen LogP contribution in [0, 0.1) is 0 Å². The van der Waals surface area contributed by atoms with Crippen molar-refractivity contribution in [1.29, 1.82) is 0 Å². The minimum atomic E-state index is -1.24. The van der Waals surface area contributed by atoms with Crippen molar-refractivity contribution in [1.82, 2.24) is 5.32 Å². The molecule has 5 atom stereocenters. The molecule has 2 rings (SSSR count). The highest BCUT2D eigenvalue weighted by atomic mass is 16.7. The van der Waals surface area contributed by atoms with Crippen molar-refractivity contribution < 1.29 is 52.4 Å². The van der Waals surface area contributed by atoms with Crippen LogP contribution in [0.5, 0.6) is 0 Å². The predicted octanol–water partition coefficient (Wildman–Crippen LogP) is 0.793. The summed E-state index contributed by atoms with van der Waals surface area (Å²) in [5.74, 6) is -3.08. The van der Waals surface area contributed by atoms with Gasteiger partial charge >= 0.3 is 23.9 Å². The predicted molar refractivity (Wildman–Crippen MR) is 121 cm³/mol. The number of amides is 1. The van der Waals surface area contributed by atoms with Crippen molar-refractivity contribution in [3.05, 3.63) is 35.9 Å². The van der Waals surface area contributed by atoms with Crippen molar-refractivity contribution in [3.63, 3.8) is 0 Å². The Bertz CT molecular complexity index is 920. The normalized spacial score (nSPS) is 23.2. The molecule has 1 saturated heterocycles. The smallest absolute Gasteiger partial charge is 0.308 e. The Morgan fingerprint density at radius 3 is 2.08 bits per heavy atom. The van der Waals surface area contributed by atoms with Crippen LogP contribution >= 0.6 is 0 Å². The van der Waals surface area contributed by atoms with Crippen molar-refractivity contribution >= 4 is 29.8 Å². The van der Waals surface area contributed by atoms with Crippen LogP contribution in [-0.2, 0) is 59.0 Å². The number of benzene rings is 1. The topological polar surface area (TPSA) is 153 Å². The maximum absolute atomic E-state index is 12.1. The van der Waals surface area contributed by atoms with E-state index >= 15 is 0 Å². The standard InChI is InChI=1S/C24H31NO11/c1-14(26)25-21-23(35-17(4)29)22(34-16(3)28)19(13-32-15(2)27)36-24(21)31-11-10-20(30)33-12-18-8-6-5-7-9-18/h5-9,19,21-24H,10-13H2,1-4H3,(H,25,26). The van der Waals surface area contributed by atoms with Crippen LogP contribution in [0.3, 0.4) is 0 Å². The molecular weight excluding hydrogens is 478 g/mol. The molecule has 0 radical (unpaired) electrons. The molecule has 0 saturated carbocycles. The van der Waals surface area contributed by atoms with Crippen LogP contribution in [-0.4, -0.2) is 73.6 Å². The fraction of sp³-hybridized carbons (Fsp3) is 0.542. The summed E-state index contributed by atoms with van der Waals surface area (Å²) >= 11 is 0. The molecule has 12 heteroatoms. The number of ether oxygens (including phenoxy) is 6. The van der Waals surface area contributed by atoms with Crippen LogP contribution < -0.4 is 5.32 Å². The van der Waals surface area contributed by atoms with Gasteiger partial charge in [0.05, 0.1) is 13.0 Å². The lowest BCUT2D eigenvalue weighted by Gasteiger charge is -2.44. The lowest BCUT2D eigenvalue weighted by Crippen LogP contribution is -2.66. The zero-order chi connectivity index (χ0) is 26.7. The SMILES string of the molecule is CC(=O)NC1C(OCCC(=O)OCc2ccccc2)OC(COC(C)=O)C(OC(C)=O)C1OC(C)=O. The van der Waals surface area contributed by atoms with Gasteiger partial charge in [0, 0.05) is 27.7 Å². The summed E-state index contributed by atoms with van der Waals surface area (Å²) in [6.45, 7) is 4.28. The van der Waals surface area contributed by atoms with Crippen molar-refractivity contribution in [2.45, 2.75) is 71.4 Å². The first-order chi connectivity index (χ1) is 17.1. The number of esters is 4. The van der Waals surface area contributed by atoms with E-state index in [4.69, 9.17) is 28.4 Å². The molecular formula is C24H31NO11. The highest BCUT2D eigenvalue weighted by molar-refractivity contribution is 5.74. The van der Waals surface area contributed by atoms with Crippen LogP contribution in [0.15, 0.2) is 30.3 Å². The van der Waals surface area contributed by atoms with Gasteiger partial charge in [-0.1, -0.05) is 30.3 Å². The average molecular weight is 510 g/mol. The second kappa shape index (κ2) is 14.1. The molecule has 12 nitrogen and oxygen atoms in total. The zero-order valence-corrected chi connectivity index (χ0v) is 20.6. The van der Waals surface area contributed by atoms with Crippen LogP contribution in [0.25, 0.3) is 0 Å². The molecule has 1 aliphatic heterocycles. The van der Waals surface area contributed by atoms with Crippen molar-refractivity contribution in [2.75, 3.05) is 13.2 Å². The van der Waals surface area contributed by atoms with E-state index in [1.807, 2.05) is 30.3 Å². The molecule has 0 spiro atoms. The Hall–Kier alpha value is -3.51. The van der Waals surface area contributed by atoms with E-state index in [9.17, 15) is 24.0 Å². The minimum Gasteiger partial charge on any atom is -0.463 e. The maximum atomic E-state index is 12.1. The number of hydrogen-bond acceptors (Lipinski definition) is 11. The van der Waals surface area contributed by atoms with Gasteiger partial charge in [0.2, 0.25) is 5.91 Å². The summed E-state index contributed by atoms with van der Waals surface area (Å²) in [5.41, 5.74) is 0.821. The molecule has 0 bridgehead atoms. The molecule has 5 unspecified atom stereocenters. The first kappa shape index (κ1) is 28.7. The van der Waals surface area contributed by atoms with E-state index in [1.54, 1.807) is 0 Å². The van der Waals surface area contributed by atoms with Crippen LogP contribution in [0.4, 0.5) is 0 Å². The summed E-state index contributed by atoms with van der Waals surface area (Å²) in [7, 11) is 0. The summed E-state index contributed by atoms with van der Waals surface area (Å²) in [4.78, 5) is 59.0. The second-order valence-corrected chi connectivity index (χ2v) is 7.99. The molecule has 0 aliphatic carbocycles. The van der Waals surface area contributed by atoms with E-state index in [1.165, 1.54) is 13.8 Å². The second-order valence-electron chi connectivity index (χ2n) is 7.99.